The summed E-state index contributed by atoms with van der Waals surface area (Å²) >= 11 is 0. The Hall–Kier alpha value is -1.42. The molecule has 0 amide bonds. The van der Waals surface area contributed by atoms with Crippen LogP contribution in [0, 0.1) is 0 Å². The highest BCUT2D eigenvalue weighted by molar-refractivity contribution is 5.63. The van der Waals surface area contributed by atoms with E-state index in [0.717, 1.165) is 5.69 Å². The molecule has 1 unspecified atom stereocenters. The molecule has 2 rings (SSSR count). The predicted molar refractivity (Wildman–Crippen MR) is 50.8 cm³/mol. The molecule has 13 heavy (non-hydrogen) atoms. The van der Waals surface area contributed by atoms with Gasteiger partial charge in [-0.25, -0.2) is 0 Å². The highest BCUT2D eigenvalue weighted by Gasteiger charge is 2.17. The quantitative estimate of drug-likeness (QED) is 0.548. The Morgan fingerprint density at radius 1 is 1.62 bits per heavy atom. The summed E-state index contributed by atoms with van der Waals surface area (Å²) in [7, 11) is 0. The van der Waals surface area contributed by atoms with Crippen LogP contribution in [0.1, 0.15) is 0 Å². The van der Waals surface area contributed by atoms with Crippen molar-refractivity contribution in [2.24, 2.45) is 0 Å². The molecule has 1 atom stereocenters. The molecule has 0 aliphatic carbocycles. The minimum atomic E-state index is -0.172. The Bertz CT molecular complexity index is 314. The summed E-state index contributed by atoms with van der Waals surface area (Å²) in [6.45, 7) is 0.647. The Labute approximate surface area is 76.3 Å². The number of nitrogens with two attached hydrogens (primary N) is 1. The molecule has 4 nitrogen and oxygen atoms in total. The van der Waals surface area contributed by atoms with E-state index >= 15 is 0 Å². The topological polar surface area (TPSA) is 67.5 Å². The minimum absolute atomic E-state index is 0.0151. The van der Waals surface area contributed by atoms with Crippen molar-refractivity contribution in [1.82, 2.24) is 0 Å². The van der Waals surface area contributed by atoms with Crippen LogP contribution in [-0.2, 0) is 0 Å². The molecule has 70 valence electrons. The normalized spacial score (nSPS) is 19.9. The van der Waals surface area contributed by atoms with E-state index in [9.17, 15) is 0 Å². The van der Waals surface area contributed by atoms with E-state index in [1.165, 1.54) is 0 Å². The van der Waals surface area contributed by atoms with Crippen LogP contribution in [0.15, 0.2) is 18.2 Å². The van der Waals surface area contributed by atoms with Gasteiger partial charge < -0.3 is 20.9 Å². The first kappa shape index (κ1) is 8.19. The van der Waals surface area contributed by atoms with Crippen LogP contribution >= 0.6 is 0 Å². The fourth-order valence-electron chi connectivity index (χ4n) is 1.33. The number of hydrogen-bond donors (Lipinski definition) is 3. The third-order valence-corrected chi connectivity index (χ3v) is 2.02. The number of rotatable bonds is 1. The van der Waals surface area contributed by atoms with Crippen LogP contribution in [0.2, 0.25) is 0 Å². The summed E-state index contributed by atoms with van der Waals surface area (Å²) in [5, 5.41) is 12.0. The first-order valence-corrected chi connectivity index (χ1v) is 4.20. The molecule has 1 aliphatic heterocycles. The molecule has 4 N–H and O–H groups in total. The number of nitrogens with one attached hydrogen (secondary N) is 1. The van der Waals surface area contributed by atoms with Gasteiger partial charge in [0.2, 0.25) is 0 Å². The molecule has 1 aromatic rings. The second-order valence-electron chi connectivity index (χ2n) is 3.06. The van der Waals surface area contributed by atoms with Crippen LogP contribution < -0.4 is 15.8 Å². The second-order valence-corrected chi connectivity index (χ2v) is 3.06. The molecule has 0 fully saturated rings. The number of hydrogen-bond acceptors (Lipinski definition) is 4. The number of ether oxygens (including phenoxy) is 1. The number of nitrogen functional groups attached to an aromatic ring is 1. The molecular formula is C9H12N2O2. The smallest absolute Gasteiger partial charge is 0.145 e. The summed E-state index contributed by atoms with van der Waals surface area (Å²) in [6, 6.07) is 5.44. The summed E-state index contributed by atoms with van der Waals surface area (Å²) in [5.41, 5.74) is 7.19. The molecular weight excluding hydrogens is 168 g/mol. The highest BCUT2D eigenvalue weighted by Crippen LogP contribution is 2.30. The standard InChI is InChI=1S/C9H12N2O2/c10-6-1-2-8-9(3-6)13-7(5-12)4-11-8/h1-3,7,11-12H,4-5,10H2. The van der Waals surface area contributed by atoms with Gasteiger partial charge in [0, 0.05) is 11.8 Å². The van der Waals surface area contributed by atoms with Gasteiger partial charge in [-0.1, -0.05) is 0 Å². The average molecular weight is 180 g/mol. The third-order valence-electron chi connectivity index (χ3n) is 2.02. The van der Waals surface area contributed by atoms with Crippen molar-refractivity contribution >= 4 is 11.4 Å². The van der Waals surface area contributed by atoms with Gasteiger partial charge >= 0.3 is 0 Å². The monoisotopic (exact) mass is 180 g/mol. The summed E-state index contributed by atoms with van der Waals surface area (Å²) in [6.07, 6.45) is -0.172. The molecule has 1 aliphatic rings. The maximum Gasteiger partial charge on any atom is 0.145 e. The number of fused-ring (bicyclic) bond motifs is 1. The van der Waals surface area contributed by atoms with Gasteiger partial charge in [0.1, 0.15) is 11.9 Å². The zero-order valence-corrected chi connectivity index (χ0v) is 7.16. The Morgan fingerprint density at radius 2 is 2.46 bits per heavy atom. The zero-order chi connectivity index (χ0) is 9.26. The van der Waals surface area contributed by atoms with Crippen molar-refractivity contribution in [2.45, 2.75) is 6.10 Å². The number of aliphatic hydroxyl groups is 1. The zero-order valence-electron chi connectivity index (χ0n) is 7.16. The van der Waals surface area contributed by atoms with Crippen LogP contribution in [0.25, 0.3) is 0 Å². The SMILES string of the molecule is Nc1ccc2c(c1)OC(CO)CN2. The number of anilines is 2. The van der Waals surface area contributed by atoms with Gasteiger partial charge in [0.25, 0.3) is 0 Å². The first-order chi connectivity index (χ1) is 6.29. The van der Waals surface area contributed by atoms with Gasteiger partial charge in [-0.3, -0.25) is 0 Å². The van der Waals surface area contributed by atoms with Crippen molar-refractivity contribution in [2.75, 3.05) is 24.2 Å². The largest absolute Gasteiger partial charge is 0.484 e. The van der Waals surface area contributed by atoms with Gasteiger partial charge in [-0.05, 0) is 12.1 Å². The molecule has 0 saturated carbocycles. The first-order valence-electron chi connectivity index (χ1n) is 4.20. The van der Waals surface area contributed by atoms with E-state index in [-0.39, 0.29) is 12.7 Å². The molecule has 0 radical (unpaired) electrons. The lowest BCUT2D eigenvalue weighted by atomic mass is 10.2. The molecule has 0 saturated heterocycles. The maximum absolute atomic E-state index is 8.89. The van der Waals surface area contributed by atoms with E-state index in [1.54, 1.807) is 6.07 Å². The molecule has 0 aromatic heterocycles. The van der Waals surface area contributed by atoms with Crippen LogP contribution in [-0.4, -0.2) is 24.4 Å². The van der Waals surface area contributed by atoms with Crippen molar-refractivity contribution < 1.29 is 9.84 Å². The Kier molecular flexibility index (Phi) is 1.98. The van der Waals surface area contributed by atoms with E-state index in [0.29, 0.717) is 18.0 Å². The van der Waals surface area contributed by atoms with Crippen molar-refractivity contribution in [3.05, 3.63) is 18.2 Å². The minimum Gasteiger partial charge on any atom is -0.484 e. The second kappa shape index (κ2) is 3.14. The summed E-state index contributed by atoms with van der Waals surface area (Å²) in [4.78, 5) is 0. The molecule has 1 heterocycles. The van der Waals surface area contributed by atoms with Gasteiger partial charge in [-0.15, -0.1) is 0 Å². The van der Waals surface area contributed by atoms with Crippen LogP contribution in [0.3, 0.4) is 0 Å². The van der Waals surface area contributed by atoms with Gasteiger partial charge in [0.05, 0.1) is 18.8 Å². The predicted octanol–water partition coefficient (Wildman–Crippen LogP) is 0.434. The fourth-order valence-corrected chi connectivity index (χ4v) is 1.33. The average Bonchev–Trinajstić information content (AvgIpc) is 2.16. The van der Waals surface area contributed by atoms with E-state index in [4.69, 9.17) is 15.6 Å². The van der Waals surface area contributed by atoms with Crippen LogP contribution in [0.4, 0.5) is 11.4 Å². The number of aliphatic hydroxyl groups excluding tert-OH is 1. The lowest BCUT2D eigenvalue weighted by Gasteiger charge is -2.26. The lowest BCUT2D eigenvalue weighted by molar-refractivity contribution is 0.120. The molecule has 4 heteroatoms. The third kappa shape index (κ3) is 1.53. The van der Waals surface area contributed by atoms with Crippen LogP contribution in [0.5, 0.6) is 5.75 Å². The van der Waals surface area contributed by atoms with Crippen molar-refractivity contribution in [3.8, 4) is 5.75 Å². The lowest BCUT2D eigenvalue weighted by Crippen LogP contribution is -2.33. The number of benzene rings is 1. The summed E-state index contributed by atoms with van der Waals surface area (Å²) < 4.78 is 5.47. The van der Waals surface area contributed by atoms with Gasteiger partial charge in [-0.2, -0.15) is 0 Å². The van der Waals surface area contributed by atoms with Crippen molar-refractivity contribution in [3.63, 3.8) is 0 Å². The maximum atomic E-state index is 8.89. The highest BCUT2D eigenvalue weighted by atomic mass is 16.5. The Morgan fingerprint density at radius 3 is 3.23 bits per heavy atom. The molecule has 0 spiro atoms. The molecule has 0 bridgehead atoms. The summed E-state index contributed by atoms with van der Waals surface area (Å²) in [5.74, 6) is 0.713. The van der Waals surface area contributed by atoms with Crippen molar-refractivity contribution in [1.29, 1.82) is 0 Å². The molecule has 1 aromatic carbocycles. The van der Waals surface area contributed by atoms with E-state index in [2.05, 4.69) is 5.32 Å². The fraction of sp³-hybridized carbons (Fsp3) is 0.333. The Balaban J connectivity index is 2.27. The van der Waals surface area contributed by atoms with Gasteiger partial charge in [0.15, 0.2) is 0 Å². The van der Waals surface area contributed by atoms with E-state index < -0.39 is 0 Å². The van der Waals surface area contributed by atoms with E-state index in [1.807, 2.05) is 12.1 Å².